The number of furan rings is 1. The van der Waals surface area contributed by atoms with E-state index < -0.39 is 11.6 Å². The minimum atomic E-state index is -0.971. The Morgan fingerprint density at radius 2 is 1.94 bits per heavy atom. The third kappa shape index (κ3) is 5.59. The first-order valence-electron chi connectivity index (χ1n) is 11.3. The highest BCUT2D eigenvalue weighted by Gasteiger charge is 2.38. The van der Waals surface area contributed by atoms with E-state index in [2.05, 4.69) is 9.80 Å². The number of nitrogens with zero attached hydrogens (tertiary/aromatic N) is 3. The molecule has 4 rings (SSSR count). The molecule has 0 N–H and O–H groups in total. The quantitative estimate of drug-likeness (QED) is 0.616. The predicted molar refractivity (Wildman–Crippen MR) is 116 cm³/mol. The molecule has 0 bridgehead atoms. The van der Waals surface area contributed by atoms with Gasteiger partial charge in [0.25, 0.3) is 0 Å². The number of carbonyl (C=O) groups is 2. The summed E-state index contributed by atoms with van der Waals surface area (Å²) in [6, 6.07) is 7.62. The number of hydrogen-bond donors (Lipinski definition) is 0. The monoisotopic (exact) mass is 461 g/mol. The lowest BCUT2D eigenvalue weighted by molar-refractivity contribution is -0.149. The van der Waals surface area contributed by atoms with Gasteiger partial charge >= 0.3 is 5.97 Å². The third-order valence-electron chi connectivity index (χ3n) is 6.31. The second kappa shape index (κ2) is 10.4. The van der Waals surface area contributed by atoms with Crippen molar-refractivity contribution in [3.8, 4) is 0 Å². The minimum absolute atomic E-state index is 0.00875. The van der Waals surface area contributed by atoms with Crippen LogP contribution in [0, 0.1) is 17.6 Å². The molecule has 33 heavy (non-hydrogen) atoms. The van der Waals surface area contributed by atoms with Crippen molar-refractivity contribution >= 4 is 11.9 Å². The van der Waals surface area contributed by atoms with Gasteiger partial charge in [-0.3, -0.25) is 19.4 Å². The Balaban J connectivity index is 1.46. The third-order valence-corrected chi connectivity index (χ3v) is 6.31. The number of halogens is 2. The van der Waals surface area contributed by atoms with Crippen LogP contribution in [0.15, 0.2) is 41.0 Å². The van der Waals surface area contributed by atoms with Crippen molar-refractivity contribution in [2.24, 2.45) is 5.92 Å². The van der Waals surface area contributed by atoms with Crippen LogP contribution in [0.5, 0.6) is 0 Å². The molecule has 1 aromatic heterocycles. The summed E-state index contributed by atoms with van der Waals surface area (Å²) in [5, 5.41) is 0. The van der Waals surface area contributed by atoms with Gasteiger partial charge in [0.2, 0.25) is 5.91 Å². The Morgan fingerprint density at radius 3 is 2.70 bits per heavy atom. The van der Waals surface area contributed by atoms with Gasteiger partial charge in [-0.15, -0.1) is 0 Å². The summed E-state index contributed by atoms with van der Waals surface area (Å²) in [6.07, 6.45) is 1.44. The average Bonchev–Trinajstić information content (AvgIpc) is 3.23. The lowest BCUT2D eigenvalue weighted by Crippen LogP contribution is -2.57. The van der Waals surface area contributed by atoms with Crippen molar-refractivity contribution in [3.63, 3.8) is 0 Å². The molecule has 2 aromatic rings. The molecule has 2 saturated heterocycles. The van der Waals surface area contributed by atoms with Gasteiger partial charge in [0.05, 0.1) is 31.8 Å². The zero-order valence-corrected chi connectivity index (χ0v) is 18.7. The van der Waals surface area contributed by atoms with Crippen molar-refractivity contribution in [1.29, 1.82) is 0 Å². The number of benzene rings is 1. The van der Waals surface area contributed by atoms with Gasteiger partial charge < -0.3 is 14.1 Å². The van der Waals surface area contributed by atoms with E-state index in [1.807, 2.05) is 12.1 Å². The van der Waals surface area contributed by atoms with E-state index in [4.69, 9.17) is 9.15 Å². The molecule has 7 nitrogen and oxygen atoms in total. The fourth-order valence-corrected chi connectivity index (χ4v) is 4.68. The zero-order chi connectivity index (χ0) is 23.4. The first kappa shape index (κ1) is 23.4. The van der Waals surface area contributed by atoms with Crippen molar-refractivity contribution in [3.05, 3.63) is 59.6 Å². The van der Waals surface area contributed by atoms with Gasteiger partial charge in [0.1, 0.15) is 5.76 Å². The normalized spacial score (nSPS) is 22.0. The number of amides is 1. The van der Waals surface area contributed by atoms with E-state index in [1.165, 1.54) is 12.1 Å². The van der Waals surface area contributed by atoms with Gasteiger partial charge in [-0.2, -0.15) is 0 Å². The summed E-state index contributed by atoms with van der Waals surface area (Å²) < 4.78 is 38.4. The molecule has 0 saturated carbocycles. The molecular weight excluding hydrogens is 432 g/mol. The minimum Gasteiger partial charge on any atom is -0.468 e. The number of rotatable bonds is 6. The molecule has 0 spiro atoms. The van der Waals surface area contributed by atoms with Crippen LogP contribution >= 0.6 is 0 Å². The van der Waals surface area contributed by atoms with E-state index in [0.29, 0.717) is 52.4 Å². The van der Waals surface area contributed by atoms with E-state index in [0.717, 1.165) is 11.8 Å². The molecule has 178 valence electrons. The maximum Gasteiger partial charge on any atom is 0.311 e. The number of carbonyl (C=O) groups excluding carboxylic acids is 2. The smallest absolute Gasteiger partial charge is 0.311 e. The van der Waals surface area contributed by atoms with Crippen LogP contribution in [0.2, 0.25) is 0 Å². The molecule has 3 heterocycles. The number of ether oxygens (including phenoxy) is 1. The number of fused-ring (bicyclic) bond motifs is 1. The second-order valence-electron chi connectivity index (χ2n) is 8.60. The molecule has 1 aromatic carbocycles. The molecular formula is C24H29F2N3O4. The summed E-state index contributed by atoms with van der Waals surface area (Å²) in [5.74, 6) is -1.87. The lowest BCUT2D eigenvalue weighted by Gasteiger charge is -2.41. The van der Waals surface area contributed by atoms with Crippen molar-refractivity contribution in [2.45, 2.75) is 25.9 Å². The topological polar surface area (TPSA) is 66.2 Å². The highest BCUT2D eigenvalue weighted by Crippen LogP contribution is 2.22. The summed E-state index contributed by atoms with van der Waals surface area (Å²) in [4.78, 5) is 31.6. The van der Waals surface area contributed by atoms with Gasteiger partial charge in [0, 0.05) is 50.9 Å². The molecule has 9 heteroatoms. The average molecular weight is 462 g/mol. The molecule has 0 unspecified atom stereocenters. The summed E-state index contributed by atoms with van der Waals surface area (Å²) in [5.41, 5.74) is 0.0603. The van der Waals surface area contributed by atoms with E-state index in [9.17, 15) is 18.4 Å². The van der Waals surface area contributed by atoms with Crippen LogP contribution in [-0.2, 0) is 27.3 Å². The largest absolute Gasteiger partial charge is 0.468 e. The molecule has 1 amide bonds. The van der Waals surface area contributed by atoms with Crippen LogP contribution in [-0.4, -0.2) is 78.5 Å². The predicted octanol–water partition coefficient (Wildman–Crippen LogP) is 2.31. The Labute approximate surface area is 191 Å². The SMILES string of the molecule is CCOC(=O)[C@@H]1CN(Cc2ccco2)C[C@H]2CN(C(=O)Cc3cccc(F)c3F)CCN2C1. The standard InChI is InChI=1S/C24H29F2N3O4/c1-2-32-24(31)18-12-27(16-20-6-4-10-33-20)14-19-15-29(9-8-28(19)13-18)22(30)11-17-5-3-7-21(25)23(17)26/h3-7,10,18-19H,2,8-9,11-16H2,1H3/t18-,19+/m1/s1. The molecule has 2 fully saturated rings. The maximum atomic E-state index is 14.1. The highest BCUT2D eigenvalue weighted by molar-refractivity contribution is 5.79. The van der Waals surface area contributed by atoms with Crippen LogP contribution in [0.1, 0.15) is 18.2 Å². The Bertz CT molecular complexity index is 969. The van der Waals surface area contributed by atoms with E-state index in [-0.39, 0.29) is 35.8 Å². The van der Waals surface area contributed by atoms with Crippen molar-refractivity contribution in [2.75, 3.05) is 45.9 Å². The van der Waals surface area contributed by atoms with Crippen molar-refractivity contribution < 1.29 is 27.5 Å². The Hall–Kier alpha value is -2.78. The van der Waals surface area contributed by atoms with Crippen LogP contribution in [0.3, 0.4) is 0 Å². The fourth-order valence-electron chi connectivity index (χ4n) is 4.68. The number of hydrogen-bond acceptors (Lipinski definition) is 6. The highest BCUT2D eigenvalue weighted by atomic mass is 19.2. The van der Waals surface area contributed by atoms with Crippen LogP contribution < -0.4 is 0 Å². The van der Waals surface area contributed by atoms with Crippen LogP contribution in [0.25, 0.3) is 0 Å². The fraction of sp³-hybridized carbons (Fsp3) is 0.500. The van der Waals surface area contributed by atoms with Gasteiger partial charge in [0.15, 0.2) is 11.6 Å². The lowest BCUT2D eigenvalue weighted by atomic mass is 10.1. The molecule has 2 aliphatic rings. The summed E-state index contributed by atoms with van der Waals surface area (Å²) >= 11 is 0. The van der Waals surface area contributed by atoms with E-state index in [1.54, 1.807) is 18.1 Å². The molecule has 0 radical (unpaired) electrons. The summed E-state index contributed by atoms with van der Waals surface area (Å²) in [7, 11) is 0. The zero-order valence-electron chi connectivity index (χ0n) is 18.7. The summed E-state index contributed by atoms with van der Waals surface area (Å²) in [6.45, 7) is 5.95. The van der Waals surface area contributed by atoms with Gasteiger partial charge in [-0.1, -0.05) is 12.1 Å². The first-order chi connectivity index (χ1) is 15.9. The molecule has 0 aliphatic carbocycles. The first-order valence-corrected chi connectivity index (χ1v) is 11.3. The second-order valence-corrected chi connectivity index (χ2v) is 8.60. The van der Waals surface area contributed by atoms with Gasteiger partial charge in [-0.05, 0) is 25.1 Å². The van der Waals surface area contributed by atoms with Crippen LogP contribution in [0.4, 0.5) is 8.78 Å². The Morgan fingerprint density at radius 1 is 1.09 bits per heavy atom. The number of esters is 1. The maximum absolute atomic E-state index is 14.1. The number of piperazine rings is 1. The van der Waals surface area contributed by atoms with Gasteiger partial charge in [-0.25, -0.2) is 8.78 Å². The Kier molecular flexibility index (Phi) is 7.39. The van der Waals surface area contributed by atoms with Crippen molar-refractivity contribution in [1.82, 2.24) is 14.7 Å². The van der Waals surface area contributed by atoms with E-state index >= 15 is 0 Å². The molecule has 2 aliphatic heterocycles. The molecule has 2 atom stereocenters.